The van der Waals surface area contributed by atoms with E-state index in [9.17, 15) is 0 Å². The predicted octanol–water partition coefficient (Wildman–Crippen LogP) is 5.60. The van der Waals surface area contributed by atoms with Crippen molar-refractivity contribution in [1.82, 2.24) is 4.98 Å². The summed E-state index contributed by atoms with van der Waals surface area (Å²) in [6, 6.07) is 18.5. The van der Waals surface area contributed by atoms with Gasteiger partial charge in [0.05, 0.1) is 5.69 Å². The zero-order valence-electron chi connectivity index (χ0n) is 13.7. The smallest absolute Gasteiger partial charge is 0.226 e. The van der Waals surface area contributed by atoms with Crippen LogP contribution in [0.1, 0.15) is 29.0 Å². The molecule has 23 heavy (non-hydrogen) atoms. The van der Waals surface area contributed by atoms with Crippen LogP contribution < -0.4 is 0 Å². The number of rotatable bonds is 5. The lowest BCUT2D eigenvalue weighted by Crippen LogP contribution is -1.91. The lowest BCUT2D eigenvalue weighted by molar-refractivity contribution is 0.539. The van der Waals surface area contributed by atoms with Crippen LogP contribution in [0.4, 0.5) is 0 Å². The highest BCUT2D eigenvalue weighted by molar-refractivity contribution is 5.64. The van der Waals surface area contributed by atoms with E-state index in [-0.39, 0.29) is 0 Å². The summed E-state index contributed by atoms with van der Waals surface area (Å²) < 4.78 is 5.82. The highest BCUT2D eigenvalue weighted by Gasteiger charge is 2.11. The van der Waals surface area contributed by atoms with E-state index in [1.54, 1.807) is 0 Å². The van der Waals surface area contributed by atoms with Gasteiger partial charge in [0.1, 0.15) is 5.76 Å². The van der Waals surface area contributed by atoms with Gasteiger partial charge in [0.2, 0.25) is 5.89 Å². The van der Waals surface area contributed by atoms with Crippen LogP contribution >= 0.6 is 0 Å². The fraction of sp³-hybridized carbons (Fsp3) is 0.190. The van der Waals surface area contributed by atoms with Crippen molar-refractivity contribution in [2.75, 3.05) is 0 Å². The molecule has 0 saturated heterocycles. The normalized spacial score (nSPS) is 10.7. The molecule has 3 aromatic rings. The van der Waals surface area contributed by atoms with Crippen LogP contribution in [0, 0.1) is 13.8 Å². The van der Waals surface area contributed by atoms with Gasteiger partial charge in [-0.3, -0.25) is 0 Å². The van der Waals surface area contributed by atoms with Crippen molar-refractivity contribution in [3.8, 4) is 11.5 Å². The summed E-state index contributed by atoms with van der Waals surface area (Å²) in [6.45, 7) is 8.30. The number of oxazole rings is 1. The van der Waals surface area contributed by atoms with Crippen LogP contribution in [-0.4, -0.2) is 4.98 Å². The van der Waals surface area contributed by atoms with E-state index in [4.69, 9.17) is 4.42 Å². The Labute approximate surface area is 137 Å². The first-order valence-electron chi connectivity index (χ1n) is 7.90. The molecule has 2 heteroatoms. The second-order valence-corrected chi connectivity index (χ2v) is 5.86. The third kappa shape index (κ3) is 3.59. The summed E-state index contributed by atoms with van der Waals surface area (Å²) in [5, 5.41) is 0. The molecule has 0 saturated carbocycles. The molecular weight excluding hydrogens is 282 g/mol. The molecule has 2 aromatic carbocycles. The summed E-state index contributed by atoms with van der Waals surface area (Å²) in [4.78, 5) is 4.66. The molecule has 2 nitrogen and oxygen atoms in total. The maximum absolute atomic E-state index is 5.82. The SMILES string of the molecule is C=C(CCc1nc(-c2ccccc2)oc1C)c1cccc(C)c1. The van der Waals surface area contributed by atoms with Crippen molar-refractivity contribution >= 4 is 5.57 Å². The standard InChI is InChI=1S/C21H21NO/c1-15-8-7-11-19(14-15)16(2)12-13-20-17(3)23-21(22-20)18-9-5-4-6-10-18/h4-11,14H,2,12-13H2,1,3H3. The van der Waals surface area contributed by atoms with Crippen LogP contribution in [0.2, 0.25) is 0 Å². The van der Waals surface area contributed by atoms with Crippen molar-refractivity contribution in [3.05, 3.63) is 83.8 Å². The fourth-order valence-corrected chi connectivity index (χ4v) is 2.64. The zero-order chi connectivity index (χ0) is 16.2. The van der Waals surface area contributed by atoms with Crippen LogP contribution in [0.15, 0.2) is 65.6 Å². The molecule has 0 radical (unpaired) electrons. The first-order chi connectivity index (χ1) is 11.1. The van der Waals surface area contributed by atoms with Crippen molar-refractivity contribution in [2.24, 2.45) is 0 Å². The highest BCUT2D eigenvalue weighted by Crippen LogP contribution is 2.24. The zero-order valence-corrected chi connectivity index (χ0v) is 13.7. The maximum atomic E-state index is 5.82. The van der Waals surface area contributed by atoms with Crippen LogP contribution in [-0.2, 0) is 6.42 Å². The molecule has 3 rings (SSSR count). The summed E-state index contributed by atoms with van der Waals surface area (Å²) >= 11 is 0. The minimum atomic E-state index is 0.694. The van der Waals surface area contributed by atoms with Gasteiger partial charge in [-0.2, -0.15) is 0 Å². The largest absolute Gasteiger partial charge is 0.441 e. The molecule has 0 aliphatic rings. The van der Waals surface area contributed by atoms with E-state index in [1.807, 2.05) is 37.3 Å². The number of benzene rings is 2. The average Bonchev–Trinajstić information content (AvgIpc) is 2.94. The summed E-state index contributed by atoms with van der Waals surface area (Å²) in [7, 11) is 0. The second-order valence-electron chi connectivity index (χ2n) is 5.86. The Morgan fingerprint density at radius 3 is 2.57 bits per heavy atom. The minimum Gasteiger partial charge on any atom is -0.441 e. The van der Waals surface area contributed by atoms with Gasteiger partial charge >= 0.3 is 0 Å². The molecule has 1 heterocycles. The summed E-state index contributed by atoms with van der Waals surface area (Å²) in [5.74, 6) is 1.58. The summed E-state index contributed by atoms with van der Waals surface area (Å²) in [5.41, 5.74) is 5.62. The van der Waals surface area contributed by atoms with Gasteiger partial charge < -0.3 is 4.42 Å². The molecule has 1 aromatic heterocycles. The number of hydrogen-bond donors (Lipinski definition) is 0. The monoisotopic (exact) mass is 303 g/mol. The Morgan fingerprint density at radius 1 is 1.04 bits per heavy atom. The highest BCUT2D eigenvalue weighted by atomic mass is 16.4. The quantitative estimate of drug-likeness (QED) is 0.612. The van der Waals surface area contributed by atoms with Crippen LogP contribution in [0.5, 0.6) is 0 Å². The van der Waals surface area contributed by atoms with E-state index >= 15 is 0 Å². The van der Waals surface area contributed by atoms with Gasteiger partial charge in [-0.05, 0) is 50.0 Å². The van der Waals surface area contributed by atoms with E-state index in [1.165, 1.54) is 11.1 Å². The molecule has 0 spiro atoms. The first-order valence-corrected chi connectivity index (χ1v) is 7.90. The van der Waals surface area contributed by atoms with Crippen molar-refractivity contribution in [2.45, 2.75) is 26.7 Å². The van der Waals surface area contributed by atoms with Gasteiger partial charge in [0.15, 0.2) is 0 Å². The van der Waals surface area contributed by atoms with Crippen molar-refractivity contribution < 1.29 is 4.42 Å². The van der Waals surface area contributed by atoms with E-state index in [0.717, 1.165) is 35.4 Å². The number of allylic oxidation sites excluding steroid dienone is 1. The van der Waals surface area contributed by atoms with Gasteiger partial charge in [-0.25, -0.2) is 4.98 Å². The van der Waals surface area contributed by atoms with Gasteiger partial charge in [0, 0.05) is 5.56 Å². The van der Waals surface area contributed by atoms with E-state index < -0.39 is 0 Å². The molecule has 0 fully saturated rings. The third-order valence-electron chi connectivity index (χ3n) is 4.00. The predicted molar refractivity (Wildman–Crippen MR) is 95.2 cm³/mol. The molecule has 116 valence electrons. The Hall–Kier alpha value is -2.61. The first kappa shape index (κ1) is 15.3. The molecule has 0 bridgehead atoms. The Morgan fingerprint density at radius 2 is 1.83 bits per heavy atom. The lowest BCUT2D eigenvalue weighted by atomic mass is 10.00. The summed E-state index contributed by atoms with van der Waals surface area (Å²) in [6.07, 6.45) is 1.72. The van der Waals surface area contributed by atoms with Crippen LogP contribution in [0.3, 0.4) is 0 Å². The molecular formula is C21H21NO. The Bertz CT molecular complexity index is 815. The van der Waals surface area contributed by atoms with Crippen LogP contribution in [0.25, 0.3) is 17.0 Å². The fourth-order valence-electron chi connectivity index (χ4n) is 2.64. The Kier molecular flexibility index (Phi) is 4.42. The van der Waals surface area contributed by atoms with E-state index in [0.29, 0.717) is 5.89 Å². The van der Waals surface area contributed by atoms with Gasteiger partial charge in [-0.1, -0.05) is 54.6 Å². The number of aromatic nitrogens is 1. The molecule has 0 amide bonds. The molecule has 0 atom stereocenters. The van der Waals surface area contributed by atoms with Gasteiger partial charge in [0.25, 0.3) is 0 Å². The molecule has 0 N–H and O–H groups in total. The van der Waals surface area contributed by atoms with Crippen molar-refractivity contribution in [1.29, 1.82) is 0 Å². The third-order valence-corrected chi connectivity index (χ3v) is 4.00. The number of hydrogen-bond acceptors (Lipinski definition) is 2. The molecule has 0 aliphatic heterocycles. The molecule has 0 aliphatic carbocycles. The lowest BCUT2D eigenvalue weighted by Gasteiger charge is -2.06. The topological polar surface area (TPSA) is 26.0 Å². The van der Waals surface area contributed by atoms with E-state index in [2.05, 4.69) is 42.8 Å². The average molecular weight is 303 g/mol. The Balaban J connectivity index is 1.71. The van der Waals surface area contributed by atoms with Gasteiger partial charge in [-0.15, -0.1) is 0 Å². The second kappa shape index (κ2) is 6.66. The number of nitrogens with zero attached hydrogens (tertiary/aromatic N) is 1. The van der Waals surface area contributed by atoms with Crippen molar-refractivity contribution in [3.63, 3.8) is 0 Å². The molecule has 0 unspecified atom stereocenters. The maximum Gasteiger partial charge on any atom is 0.226 e. The minimum absolute atomic E-state index is 0.694. The number of aryl methyl sites for hydroxylation is 3.